The Hall–Kier alpha value is -3.57. The summed E-state index contributed by atoms with van der Waals surface area (Å²) >= 11 is 2.41. The van der Waals surface area contributed by atoms with Crippen LogP contribution in [0.2, 0.25) is 0 Å². The highest BCUT2D eigenvalue weighted by Crippen LogP contribution is 2.39. The maximum atomic E-state index is 2.43. The molecule has 0 saturated carbocycles. The first-order chi connectivity index (χ1) is 16.3. The predicted molar refractivity (Wildman–Crippen MR) is 148 cm³/mol. The number of hydrogen-bond acceptors (Lipinski definition) is 0. The molecule has 0 aliphatic carbocycles. The Balaban J connectivity index is 1.73. The summed E-state index contributed by atoms with van der Waals surface area (Å²) in [6, 6.07) is 41.6. The van der Waals surface area contributed by atoms with Gasteiger partial charge in [-0.1, -0.05) is 66.7 Å². The summed E-state index contributed by atoms with van der Waals surface area (Å²) in [6.45, 7) is 0. The first-order valence-corrected chi connectivity index (χ1v) is 12.2. The molecule has 2 heterocycles. The van der Waals surface area contributed by atoms with E-state index in [1.165, 1.54) is 58.6 Å². The monoisotopic (exact) mass is 534 g/mol. The van der Waals surface area contributed by atoms with Gasteiger partial charge in [-0.25, -0.2) is 0 Å². The van der Waals surface area contributed by atoms with Gasteiger partial charge in [-0.15, -0.1) is 0 Å². The van der Waals surface area contributed by atoms with Crippen LogP contribution in [0.15, 0.2) is 115 Å². The molecule has 0 spiro atoms. The number of halogens is 1. The number of benzene rings is 5. The fraction of sp³-hybridized carbons (Fsp3) is 0. The predicted octanol–water partition coefficient (Wildman–Crippen LogP) is 8.49. The van der Waals surface area contributed by atoms with Crippen molar-refractivity contribution in [3.63, 3.8) is 0 Å². The van der Waals surface area contributed by atoms with Gasteiger partial charge in [0.15, 0.2) is 0 Å². The molecule has 2 aromatic heterocycles. The van der Waals surface area contributed by atoms with E-state index in [9.17, 15) is 0 Å². The average Bonchev–Trinajstić information content (AvgIpc) is 3.37. The largest absolute Gasteiger partial charge is 0.307 e. The Bertz CT molecular complexity index is 1770. The lowest BCUT2D eigenvalue weighted by Crippen LogP contribution is -2.00. The standard InChI is InChI=1S/C30H19IN2/c31-20-17-18-28-25(19-20)24-13-8-16-29(30(24)32(28)21-9-2-1-3-10-21)33-26-14-6-4-11-22(26)23-12-5-7-15-27(23)33/h1-19H. The minimum Gasteiger partial charge on any atom is -0.307 e. The minimum absolute atomic E-state index is 1.17. The molecule has 0 aliphatic heterocycles. The van der Waals surface area contributed by atoms with Gasteiger partial charge in [0.2, 0.25) is 0 Å². The van der Waals surface area contributed by atoms with Gasteiger partial charge in [-0.3, -0.25) is 0 Å². The van der Waals surface area contributed by atoms with Gasteiger partial charge in [0, 0.05) is 30.8 Å². The van der Waals surface area contributed by atoms with Gasteiger partial charge in [-0.2, -0.15) is 0 Å². The molecular formula is C30H19IN2. The van der Waals surface area contributed by atoms with Gasteiger partial charge in [0.05, 0.1) is 27.8 Å². The van der Waals surface area contributed by atoms with Crippen LogP contribution in [0, 0.1) is 3.57 Å². The van der Waals surface area contributed by atoms with Crippen molar-refractivity contribution in [2.45, 2.75) is 0 Å². The Labute approximate surface area is 204 Å². The Morgan fingerprint density at radius 1 is 0.455 bits per heavy atom. The second-order valence-electron chi connectivity index (χ2n) is 8.38. The maximum Gasteiger partial charge on any atom is 0.0782 e. The number of rotatable bonds is 2. The molecule has 0 unspecified atom stereocenters. The number of para-hydroxylation sites is 4. The van der Waals surface area contributed by atoms with Gasteiger partial charge < -0.3 is 9.13 Å². The van der Waals surface area contributed by atoms with Crippen LogP contribution in [-0.2, 0) is 0 Å². The van der Waals surface area contributed by atoms with Crippen LogP contribution >= 0.6 is 22.6 Å². The quantitative estimate of drug-likeness (QED) is 0.197. The molecule has 7 rings (SSSR count). The molecule has 3 heteroatoms. The van der Waals surface area contributed by atoms with Gasteiger partial charge in [-0.05, 0) is 71.1 Å². The zero-order chi connectivity index (χ0) is 21.9. The molecule has 0 atom stereocenters. The molecule has 0 amide bonds. The van der Waals surface area contributed by atoms with Crippen molar-refractivity contribution in [1.82, 2.24) is 9.13 Å². The molecule has 7 aromatic rings. The molecule has 0 aliphatic rings. The van der Waals surface area contributed by atoms with Crippen molar-refractivity contribution in [2.75, 3.05) is 0 Å². The van der Waals surface area contributed by atoms with Crippen LogP contribution in [-0.4, -0.2) is 9.13 Å². The van der Waals surface area contributed by atoms with Gasteiger partial charge >= 0.3 is 0 Å². The fourth-order valence-corrected chi connectivity index (χ4v) is 5.72. The van der Waals surface area contributed by atoms with E-state index in [-0.39, 0.29) is 0 Å². The summed E-state index contributed by atoms with van der Waals surface area (Å²) in [4.78, 5) is 0. The first-order valence-electron chi connectivity index (χ1n) is 11.1. The summed E-state index contributed by atoms with van der Waals surface area (Å²) in [5.41, 5.74) is 7.28. The van der Waals surface area contributed by atoms with Gasteiger partial charge in [0.1, 0.15) is 0 Å². The molecule has 156 valence electrons. The third kappa shape index (κ3) is 2.72. The SMILES string of the molecule is Ic1ccc2c(c1)c1cccc(-n3c4ccccc4c4ccccc43)c1n2-c1ccccc1. The Morgan fingerprint density at radius 2 is 1.06 bits per heavy atom. The molecule has 5 aromatic carbocycles. The van der Waals surface area contributed by atoms with Crippen LogP contribution in [0.25, 0.3) is 55.0 Å². The van der Waals surface area contributed by atoms with Crippen molar-refractivity contribution in [3.05, 3.63) is 119 Å². The number of nitrogens with zero attached hydrogens (tertiary/aromatic N) is 2. The second kappa shape index (κ2) is 7.22. The molecule has 0 fully saturated rings. The van der Waals surface area contributed by atoms with Crippen molar-refractivity contribution in [1.29, 1.82) is 0 Å². The smallest absolute Gasteiger partial charge is 0.0782 e. The third-order valence-corrected chi connectivity index (χ3v) is 7.23. The lowest BCUT2D eigenvalue weighted by molar-refractivity contribution is 1.13. The molecule has 33 heavy (non-hydrogen) atoms. The van der Waals surface area contributed by atoms with E-state index in [1.54, 1.807) is 0 Å². The van der Waals surface area contributed by atoms with Crippen molar-refractivity contribution in [3.8, 4) is 11.4 Å². The highest BCUT2D eigenvalue weighted by molar-refractivity contribution is 14.1. The van der Waals surface area contributed by atoms with Crippen molar-refractivity contribution < 1.29 is 0 Å². The van der Waals surface area contributed by atoms with E-state index in [0.29, 0.717) is 0 Å². The highest BCUT2D eigenvalue weighted by Gasteiger charge is 2.19. The summed E-state index contributed by atoms with van der Waals surface area (Å²) in [6.07, 6.45) is 0. The number of aromatic nitrogens is 2. The summed E-state index contributed by atoms with van der Waals surface area (Å²) < 4.78 is 6.09. The first kappa shape index (κ1) is 18.9. The Kier molecular flexibility index (Phi) is 4.15. The molecule has 0 saturated heterocycles. The van der Waals surface area contributed by atoms with Gasteiger partial charge in [0.25, 0.3) is 0 Å². The molecule has 2 nitrogen and oxygen atoms in total. The summed E-state index contributed by atoms with van der Waals surface area (Å²) in [7, 11) is 0. The van der Waals surface area contributed by atoms with Crippen LogP contribution in [0.4, 0.5) is 0 Å². The highest BCUT2D eigenvalue weighted by atomic mass is 127. The van der Waals surface area contributed by atoms with E-state index in [2.05, 4.69) is 147 Å². The normalized spacial score (nSPS) is 11.8. The molecule has 0 N–H and O–H groups in total. The fourth-order valence-electron chi connectivity index (χ4n) is 5.23. The Morgan fingerprint density at radius 3 is 1.79 bits per heavy atom. The van der Waals surface area contributed by atoms with Crippen molar-refractivity contribution >= 4 is 66.2 Å². The lowest BCUT2D eigenvalue weighted by atomic mass is 10.1. The molecule has 0 radical (unpaired) electrons. The summed E-state index contributed by atoms with van der Waals surface area (Å²) in [5.74, 6) is 0. The van der Waals surface area contributed by atoms with E-state index in [0.717, 1.165) is 0 Å². The topological polar surface area (TPSA) is 9.86 Å². The minimum atomic E-state index is 1.17. The molecular weight excluding hydrogens is 515 g/mol. The van der Waals surface area contributed by atoms with E-state index < -0.39 is 0 Å². The van der Waals surface area contributed by atoms with Crippen LogP contribution < -0.4 is 0 Å². The number of fused-ring (bicyclic) bond motifs is 6. The lowest BCUT2D eigenvalue weighted by Gasteiger charge is -2.14. The van der Waals surface area contributed by atoms with Crippen molar-refractivity contribution in [2.24, 2.45) is 0 Å². The zero-order valence-corrected chi connectivity index (χ0v) is 19.9. The molecule has 0 bridgehead atoms. The van der Waals surface area contributed by atoms with Crippen LogP contribution in [0.1, 0.15) is 0 Å². The second-order valence-corrected chi connectivity index (χ2v) is 9.62. The van der Waals surface area contributed by atoms with Crippen LogP contribution in [0.3, 0.4) is 0 Å². The van der Waals surface area contributed by atoms with E-state index >= 15 is 0 Å². The number of hydrogen-bond donors (Lipinski definition) is 0. The average molecular weight is 534 g/mol. The van der Waals surface area contributed by atoms with Crippen LogP contribution in [0.5, 0.6) is 0 Å². The van der Waals surface area contributed by atoms with E-state index in [1.807, 2.05) is 0 Å². The zero-order valence-electron chi connectivity index (χ0n) is 17.7. The third-order valence-electron chi connectivity index (χ3n) is 6.56. The maximum absolute atomic E-state index is 2.43. The van der Waals surface area contributed by atoms with E-state index in [4.69, 9.17) is 0 Å². The summed E-state index contributed by atoms with van der Waals surface area (Å²) in [5, 5.41) is 5.11.